The Balaban J connectivity index is 5.08. The molecule has 0 fully saturated rings. The molecule has 0 spiro atoms. The average Bonchev–Trinajstić information content (AvgIpc) is 3.46. The number of hydrogen-bond donors (Lipinski definition) is 1. The SMILES string of the molecule is CC/C=C\C/C=C\C/C=C\C/C=C\C/C=C\CCCC(=O)NC(COP(=O)([O-])OCC[N+](C)(C)C)C(/C=C\CCCCCCCCCCCCC)OC(=O)CCCCCCCCCCCCCCCCCCCCCCCCCCCCC. The molecule has 0 saturated heterocycles. The molecule has 0 aliphatic carbocycles. The molecule has 0 saturated carbocycles. The number of carbonyl (C=O) groups excluding carboxylic acids is 2. The highest BCUT2D eigenvalue weighted by Gasteiger charge is 2.27. The van der Waals surface area contributed by atoms with E-state index < -0.39 is 26.6 Å². The minimum absolute atomic E-state index is 0.0337. The maximum atomic E-state index is 13.5. The first-order valence-electron chi connectivity index (χ1n) is 35.2. The number of unbranched alkanes of at least 4 members (excludes halogenated alkanes) is 38. The van der Waals surface area contributed by atoms with Gasteiger partial charge >= 0.3 is 5.97 Å². The van der Waals surface area contributed by atoms with E-state index in [9.17, 15) is 19.0 Å². The predicted octanol–water partition coefficient (Wildman–Crippen LogP) is 21.7. The highest BCUT2D eigenvalue weighted by molar-refractivity contribution is 7.45. The number of phosphoric acid groups is 1. The topological polar surface area (TPSA) is 114 Å². The van der Waals surface area contributed by atoms with E-state index in [2.05, 4.69) is 86.8 Å². The van der Waals surface area contributed by atoms with Crippen molar-refractivity contribution in [2.45, 2.75) is 341 Å². The summed E-state index contributed by atoms with van der Waals surface area (Å²) in [5, 5.41) is 3.00. The third-order valence-electron chi connectivity index (χ3n) is 15.7. The van der Waals surface area contributed by atoms with Crippen LogP contribution in [0.5, 0.6) is 0 Å². The van der Waals surface area contributed by atoms with Crippen LogP contribution in [0.3, 0.4) is 0 Å². The molecule has 3 atom stereocenters. The van der Waals surface area contributed by atoms with Crippen molar-refractivity contribution in [3.63, 3.8) is 0 Å². The molecule has 10 heteroatoms. The number of ether oxygens (including phenoxy) is 1. The standard InChI is InChI=1S/C73H135N2O7P/c1-7-10-13-16-19-22-25-28-30-32-33-34-35-36-37-38-39-40-41-43-45-48-51-54-57-60-63-66-73(77)82-71(64-61-58-55-52-49-46-27-24-21-18-15-12-9-3)70(69-81-83(78,79)80-68-67-75(4,5)6)74-72(76)65-62-59-56-53-50-47-44-42-31-29-26-23-20-17-14-11-8-2/h11,14,20,23,29,31,44,47,53,56,61,64,70-71H,7-10,12-13,15-19,21-22,24-28,30,32-43,45-46,48-52,54-55,57-60,62-63,65-69H2,1-6H3,(H-,74,76,78,79)/b14-11-,23-20-,31-29-,47-44-,56-53-,64-61-. The van der Waals surface area contributed by atoms with Gasteiger partial charge in [0, 0.05) is 12.8 Å². The Morgan fingerprint density at radius 3 is 1.17 bits per heavy atom. The number of amides is 1. The highest BCUT2D eigenvalue weighted by Crippen LogP contribution is 2.38. The molecule has 0 radical (unpaired) electrons. The summed E-state index contributed by atoms with van der Waals surface area (Å²) < 4.78 is 30.4. The van der Waals surface area contributed by atoms with Crippen molar-refractivity contribution in [1.29, 1.82) is 0 Å². The molecule has 0 aromatic heterocycles. The number of hydrogen-bond acceptors (Lipinski definition) is 7. The van der Waals surface area contributed by atoms with Crippen molar-refractivity contribution in [3.05, 3.63) is 72.9 Å². The highest BCUT2D eigenvalue weighted by atomic mass is 31.2. The second-order valence-electron chi connectivity index (χ2n) is 25.0. The Bertz CT molecular complexity index is 1650. The van der Waals surface area contributed by atoms with Gasteiger partial charge in [-0.05, 0) is 70.3 Å². The monoisotopic (exact) mass is 1180 g/mol. The van der Waals surface area contributed by atoms with Gasteiger partial charge in [-0.15, -0.1) is 0 Å². The van der Waals surface area contributed by atoms with Crippen LogP contribution in [-0.2, 0) is 27.9 Å². The lowest BCUT2D eigenvalue weighted by atomic mass is 10.0. The Morgan fingerprint density at radius 2 is 0.783 bits per heavy atom. The molecule has 0 aromatic carbocycles. The minimum atomic E-state index is -4.72. The lowest BCUT2D eigenvalue weighted by Crippen LogP contribution is -2.47. The second-order valence-corrected chi connectivity index (χ2v) is 26.4. The maximum absolute atomic E-state index is 13.5. The van der Waals surface area contributed by atoms with Gasteiger partial charge in [-0.1, -0.05) is 319 Å². The normalized spacial score (nSPS) is 14.0. The van der Waals surface area contributed by atoms with Crippen molar-refractivity contribution in [3.8, 4) is 0 Å². The van der Waals surface area contributed by atoms with E-state index >= 15 is 0 Å². The molecule has 3 unspecified atom stereocenters. The molecule has 83 heavy (non-hydrogen) atoms. The first-order chi connectivity index (χ1) is 40.4. The molecule has 0 rings (SSSR count). The summed E-state index contributed by atoms with van der Waals surface area (Å²) >= 11 is 0. The molecule has 9 nitrogen and oxygen atoms in total. The lowest BCUT2D eigenvalue weighted by molar-refractivity contribution is -0.870. The number of carbonyl (C=O) groups is 2. The van der Waals surface area contributed by atoms with Crippen molar-refractivity contribution in [2.75, 3.05) is 40.9 Å². The van der Waals surface area contributed by atoms with Gasteiger partial charge in [0.15, 0.2) is 0 Å². The summed E-state index contributed by atoms with van der Waals surface area (Å²) in [5.74, 6) is -0.598. The van der Waals surface area contributed by atoms with Gasteiger partial charge in [0.05, 0.1) is 33.8 Å². The largest absolute Gasteiger partial charge is 0.756 e. The van der Waals surface area contributed by atoms with Crippen molar-refractivity contribution >= 4 is 19.7 Å². The fourth-order valence-electron chi connectivity index (χ4n) is 10.3. The lowest BCUT2D eigenvalue weighted by Gasteiger charge is -2.30. The van der Waals surface area contributed by atoms with Gasteiger partial charge in [-0.25, -0.2) is 0 Å². The molecular formula is C73H135N2O7P. The fraction of sp³-hybridized carbons (Fsp3) is 0.808. The van der Waals surface area contributed by atoms with Gasteiger partial charge in [0.25, 0.3) is 7.82 Å². The van der Waals surface area contributed by atoms with Crippen LogP contribution in [0.2, 0.25) is 0 Å². The molecular weight excluding hydrogens is 1050 g/mol. The summed E-state index contributed by atoms with van der Waals surface area (Å²) in [5.41, 5.74) is 0. The Labute approximate surface area is 514 Å². The number of quaternary nitrogens is 1. The van der Waals surface area contributed by atoms with Crippen LogP contribution in [0.1, 0.15) is 329 Å². The van der Waals surface area contributed by atoms with Crippen LogP contribution < -0.4 is 10.2 Å². The second kappa shape index (κ2) is 62.5. The molecule has 0 aliphatic heterocycles. The van der Waals surface area contributed by atoms with E-state index in [4.69, 9.17) is 13.8 Å². The molecule has 484 valence electrons. The van der Waals surface area contributed by atoms with E-state index in [0.717, 1.165) is 77.0 Å². The summed E-state index contributed by atoms with van der Waals surface area (Å²) in [4.78, 5) is 40.1. The number of phosphoric ester groups is 1. The summed E-state index contributed by atoms with van der Waals surface area (Å²) in [7, 11) is 1.15. The van der Waals surface area contributed by atoms with E-state index in [1.165, 1.54) is 212 Å². The molecule has 1 N–H and O–H groups in total. The zero-order valence-electron chi connectivity index (χ0n) is 55.4. The van der Waals surface area contributed by atoms with E-state index in [0.29, 0.717) is 17.4 Å². The quantitative estimate of drug-likeness (QED) is 0.0212. The van der Waals surface area contributed by atoms with Crippen LogP contribution in [0.15, 0.2) is 72.9 Å². The van der Waals surface area contributed by atoms with Crippen molar-refractivity contribution in [1.82, 2.24) is 5.32 Å². The molecule has 1 amide bonds. The van der Waals surface area contributed by atoms with E-state index in [1.807, 2.05) is 33.3 Å². The number of esters is 1. The molecule has 0 bridgehead atoms. The number of likely N-dealkylation sites (N-methyl/N-ethyl adjacent to an activating group) is 1. The van der Waals surface area contributed by atoms with Gasteiger partial charge in [-0.3, -0.25) is 14.2 Å². The Kier molecular flexibility index (Phi) is 60.6. The van der Waals surface area contributed by atoms with Gasteiger partial charge < -0.3 is 28.5 Å². The van der Waals surface area contributed by atoms with E-state index in [1.54, 1.807) is 0 Å². The number of rotatable bonds is 64. The van der Waals surface area contributed by atoms with Crippen LogP contribution in [-0.4, -0.2) is 69.4 Å². The zero-order valence-corrected chi connectivity index (χ0v) is 56.3. The van der Waals surface area contributed by atoms with Gasteiger partial charge in [0.1, 0.15) is 19.3 Å². The van der Waals surface area contributed by atoms with E-state index in [-0.39, 0.29) is 31.3 Å². The third-order valence-corrected chi connectivity index (χ3v) is 16.6. The van der Waals surface area contributed by atoms with Crippen LogP contribution in [0.25, 0.3) is 0 Å². The molecule has 0 aliphatic rings. The summed E-state index contributed by atoms with van der Waals surface area (Å²) in [6, 6.07) is -0.920. The van der Waals surface area contributed by atoms with Crippen LogP contribution in [0.4, 0.5) is 0 Å². The van der Waals surface area contributed by atoms with Crippen LogP contribution >= 0.6 is 7.82 Å². The van der Waals surface area contributed by atoms with Crippen molar-refractivity contribution in [2.24, 2.45) is 0 Å². The van der Waals surface area contributed by atoms with Gasteiger partial charge in [0.2, 0.25) is 5.91 Å². The Hall–Kier alpha value is -2.55. The summed E-state index contributed by atoms with van der Waals surface area (Å²) in [6.45, 7) is 6.72. The maximum Gasteiger partial charge on any atom is 0.306 e. The predicted molar refractivity (Wildman–Crippen MR) is 358 cm³/mol. The smallest absolute Gasteiger partial charge is 0.306 e. The van der Waals surface area contributed by atoms with Gasteiger partial charge in [-0.2, -0.15) is 0 Å². The number of nitrogens with zero attached hydrogens (tertiary/aromatic N) is 1. The molecule has 0 aromatic rings. The molecule has 0 heterocycles. The first kappa shape index (κ1) is 80.5. The average molecular weight is 1180 g/mol. The number of nitrogens with one attached hydrogen (secondary N) is 1. The summed E-state index contributed by atoms with van der Waals surface area (Å²) in [6.07, 6.45) is 81.9. The number of allylic oxidation sites excluding steroid dienone is 11. The Morgan fingerprint density at radius 1 is 0.434 bits per heavy atom. The fourth-order valence-corrected chi connectivity index (χ4v) is 11.0. The van der Waals surface area contributed by atoms with Crippen LogP contribution in [0, 0.1) is 0 Å². The van der Waals surface area contributed by atoms with Crippen molar-refractivity contribution < 1.29 is 37.3 Å². The first-order valence-corrected chi connectivity index (χ1v) is 36.7. The minimum Gasteiger partial charge on any atom is -0.756 e. The zero-order chi connectivity index (χ0) is 60.7. The third kappa shape index (κ3) is 63.8.